The van der Waals surface area contributed by atoms with Crippen LogP contribution in [0.3, 0.4) is 0 Å². The molecule has 3 heteroatoms. The standard InChI is InChI=1S/C16H15NO2/c1-10(9-19)11(2)12(3)13(4)14(5)15(6)16(17)7-8-18/h17H,1-7H2. The summed E-state index contributed by atoms with van der Waals surface area (Å²) in [6, 6.07) is 0. The van der Waals surface area contributed by atoms with Gasteiger partial charge in [0.15, 0.2) is 0 Å². The molecule has 3 nitrogen and oxygen atoms in total. The van der Waals surface area contributed by atoms with Crippen LogP contribution < -0.4 is 0 Å². The van der Waals surface area contributed by atoms with Crippen molar-refractivity contribution in [3.63, 3.8) is 0 Å². The van der Waals surface area contributed by atoms with Crippen molar-refractivity contribution in [3.8, 4) is 0 Å². The topological polar surface area (TPSA) is 58.0 Å². The van der Waals surface area contributed by atoms with E-state index in [0.717, 1.165) is 0 Å². The summed E-state index contributed by atoms with van der Waals surface area (Å²) in [6.45, 7) is 22.1. The van der Waals surface area contributed by atoms with E-state index in [9.17, 15) is 9.59 Å². The second-order valence-electron chi connectivity index (χ2n) is 3.77. The van der Waals surface area contributed by atoms with Gasteiger partial charge in [0.2, 0.25) is 12.6 Å². The van der Waals surface area contributed by atoms with E-state index in [1.165, 1.54) is 0 Å². The van der Waals surface area contributed by atoms with Crippen LogP contribution in [0.5, 0.6) is 0 Å². The van der Waals surface area contributed by atoms with Crippen LogP contribution in [0.2, 0.25) is 0 Å². The van der Waals surface area contributed by atoms with Crippen LogP contribution >= 0.6 is 0 Å². The third kappa shape index (κ3) is 4.00. The number of hydrogen-bond donors (Lipinski definition) is 1. The highest BCUT2D eigenvalue weighted by Gasteiger charge is 2.15. The summed E-state index contributed by atoms with van der Waals surface area (Å²) in [5.41, 5.74) is 1.72. The Morgan fingerprint density at radius 3 is 1.63 bits per heavy atom. The Bertz CT molecular complexity index is 533. The minimum Gasteiger partial charge on any atom is -0.304 e. The van der Waals surface area contributed by atoms with Crippen LogP contribution in [0.25, 0.3) is 0 Å². The van der Waals surface area contributed by atoms with Gasteiger partial charge in [0.05, 0.1) is 6.42 Å². The number of hydrogen-bond acceptors (Lipinski definition) is 3. The highest BCUT2D eigenvalue weighted by Crippen LogP contribution is 2.28. The van der Waals surface area contributed by atoms with Crippen molar-refractivity contribution in [2.75, 3.05) is 0 Å². The molecule has 0 aliphatic carbocycles. The van der Waals surface area contributed by atoms with Crippen LogP contribution in [-0.4, -0.2) is 18.3 Å². The Morgan fingerprint density at radius 2 is 1.21 bits per heavy atom. The van der Waals surface area contributed by atoms with E-state index in [1.54, 1.807) is 12.6 Å². The minimum atomic E-state index is -0.173. The first-order valence-electron chi connectivity index (χ1n) is 5.24. The molecule has 0 fully saturated rings. The smallest absolute Gasteiger partial charge is 0.233 e. The Hall–Kier alpha value is -2.55. The minimum absolute atomic E-state index is 0.000314. The Morgan fingerprint density at radius 1 is 0.789 bits per heavy atom. The average molecular weight is 253 g/mol. The van der Waals surface area contributed by atoms with Crippen molar-refractivity contribution in [2.45, 2.75) is 6.42 Å². The molecule has 1 N–H and O–H groups in total. The molecule has 0 heterocycles. The second-order valence-corrected chi connectivity index (χ2v) is 3.77. The fourth-order valence-electron chi connectivity index (χ4n) is 1.15. The fourth-order valence-corrected chi connectivity index (χ4v) is 1.15. The molecule has 0 aromatic rings. The zero-order valence-electron chi connectivity index (χ0n) is 10.8. The second kappa shape index (κ2) is 7.01. The van der Waals surface area contributed by atoms with Crippen molar-refractivity contribution in [2.24, 2.45) is 0 Å². The van der Waals surface area contributed by atoms with E-state index < -0.39 is 0 Å². The molecule has 0 saturated heterocycles. The number of carbonyl (C=O) groups excluding carboxylic acids is 2. The Kier molecular flexibility index (Phi) is 6.07. The van der Waals surface area contributed by atoms with Gasteiger partial charge in [0, 0.05) is 11.3 Å². The van der Waals surface area contributed by atoms with Crippen LogP contribution in [0, 0.1) is 5.41 Å². The van der Waals surface area contributed by atoms with E-state index in [1.807, 2.05) is 0 Å². The number of allylic oxidation sites excluding steroid dienone is 6. The monoisotopic (exact) mass is 253 g/mol. The molecule has 0 atom stereocenters. The van der Waals surface area contributed by atoms with E-state index in [4.69, 9.17) is 5.41 Å². The largest absolute Gasteiger partial charge is 0.304 e. The molecule has 0 aromatic heterocycles. The predicted molar refractivity (Wildman–Crippen MR) is 78.6 cm³/mol. The molecule has 0 aromatic carbocycles. The first kappa shape index (κ1) is 16.4. The summed E-state index contributed by atoms with van der Waals surface area (Å²) >= 11 is 0. The summed E-state index contributed by atoms with van der Waals surface area (Å²) in [7, 11) is 0. The van der Waals surface area contributed by atoms with E-state index in [-0.39, 0.29) is 23.3 Å². The molecule has 0 spiro atoms. The van der Waals surface area contributed by atoms with Crippen molar-refractivity contribution < 1.29 is 9.59 Å². The van der Waals surface area contributed by atoms with Crippen LogP contribution in [-0.2, 0) is 9.59 Å². The summed E-state index contributed by atoms with van der Waals surface area (Å²) in [5.74, 6) is 0. The molecule has 0 rings (SSSR count). The summed E-state index contributed by atoms with van der Waals surface area (Å²) < 4.78 is 0. The third-order valence-electron chi connectivity index (χ3n) is 2.56. The predicted octanol–water partition coefficient (Wildman–Crippen LogP) is 2.95. The van der Waals surface area contributed by atoms with Gasteiger partial charge in [-0.2, -0.15) is 0 Å². The SMILES string of the molecule is C=C([C]=O)C(=C)C(=C)C(=C)C(=C)C(=C)C(=N)C[C]=O. The van der Waals surface area contributed by atoms with Crippen LogP contribution in [0.4, 0.5) is 0 Å². The van der Waals surface area contributed by atoms with Gasteiger partial charge in [0.1, 0.15) is 0 Å². The lowest BCUT2D eigenvalue weighted by molar-refractivity contribution is 0.557. The zero-order valence-corrected chi connectivity index (χ0v) is 10.8. The van der Waals surface area contributed by atoms with Gasteiger partial charge in [-0.15, -0.1) is 0 Å². The molecule has 0 amide bonds. The maximum absolute atomic E-state index is 10.5. The average Bonchev–Trinajstić information content (AvgIpc) is 2.42. The van der Waals surface area contributed by atoms with Gasteiger partial charge in [0.25, 0.3) is 0 Å². The van der Waals surface area contributed by atoms with Crippen molar-refractivity contribution >= 4 is 18.3 Å². The quantitative estimate of drug-likeness (QED) is 0.390. The van der Waals surface area contributed by atoms with Gasteiger partial charge in [-0.25, -0.2) is 0 Å². The van der Waals surface area contributed by atoms with E-state index in [2.05, 4.69) is 39.5 Å². The molecule has 0 aliphatic heterocycles. The highest BCUT2D eigenvalue weighted by atomic mass is 16.1. The van der Waals surface area contributed by atoms with E-state index >= 15 is 0 Å². The molecule has 96 valence electrons. The molecule has 0 saturated carbocycles. The Balaban J connectivity index is 5.03. The summed E-state index contributed by atoms with van der Waals surface area (Å²) in [6.07, 6.45) is 3.06. The van der Waals surface area contributed by atoms with E-state index in [0.29, 0.717) is 22.3 Å². The van der Waals surface area contributed by atoms with Crippen LogP contribution in [0.1, 0.15) is 6.42 Å². The summed E-state index contributed by atoms with van der Waals surface area (Å²) in [4.78, 5) is 20.7. The van der Waals surface area contributed by atoms with Crippen LogP contribution in [0.15, 0.2) is 72.9 Å². The first-order valence-corrected chi connectivity index (χ1v) is 5.24. The van der Waals surface area contributed by atoms with Gasteiger partial charge in [-0.3, -0.25) is 9.59 Å². The van der Waals surface area contributed by atoms with Gasteiger partial charge in [-0.1, -0.05) is 39.5 Å². The molecular weight excluding hydrogens is 238 g/mol. The molecule has 0 aliphatic rings. The van der Waals surface area contributed by atoms with Crippen molar-refractivity contribution in [3.05, 3.63) is 72.9 Å². The van der Waals surface area contributed by atoms with Gasteiger partial charge in [-0.05, 0) is 27.9 Å². The number of rotatable bonds is 9. The third-order valence-corrected chi connectivity index (χ3v) is 2.56. The normalized spacial score (nSPS) is 9.05. The molecule has 2 radical (unpaired) electrons. The maximum atomic E-state index is 10.5. The highest BCUT2D eigenvalue weighted by molar-refractivity contribution is 6.08. The van der Waals surface area contributed by atoms with Gasteiger partial charge >= 0.3 is 0 Å². The maximum Gasteiger partial charge on any atom is 0.233 e. The van der Waals surface area contributed by atoms with Gasteiger partial charge < -0.3 is 5.41 Å². The molecule has 19 heavy (non-hydrogen) atoms. The lowest BCUT2D eigenvalue weighted by Gasteiger charge is -2.15. The fraction of sp³-hybridized carbons (Fsp3) is 0.0625. The van der Waals surface area contributed by atoms with Crippen molar-refractivity contribution in [1.29, 1.82) is 5.41 Å². The zero-order chi connectivity index (χ0) is 15.2. The Labute approximate surface area is 113 Å². The lowest BCUT2D eigenvalue weighted by Crippen LogP contribution is -2.06. The summed E-state index contributed by atoms with van der Waals surface area (Å²) in [5, 5.41) is 7.59. The van der Waals surface area contributed by atoms with Crippen molar-refractivity contribution in [1.82, 2.24) is 0 Å². The number of nitrogens with one attached hydrogen (secondary N) is 1. The molecule has 0 bridgehead atoms. The first-order chi connectivity index (χ1) is 8.77. The lowest BCUT2D eigenvalue weighted by atomic mass is 9.88. The molecular formula is C16H15NO2. The molecule has 0 unspecified atom stereocenters.